The van der Waals surface area contributed by atoms with E-state index in [0.29, 0.717) is 0 Å². The van der Waals surface area contributed by atoms with Crippen molar-refractivity contribution >= 4 is 12.1 Å². The first kappa shape index (κ1) is 16.7. The molecule has 0 heterocycles. The third-order valence-electron chi connectivity index (χ3n) is 3.28. The van der Waals surface area contributed by atoms with Gasteiger partial charge in [0, 0.05) is 18.4 Å². The van der Waals surface area contributed by atoms with E-state index in [1.54, 1.807) is 20.8 Å². The van der Waals surface area contributed by atoms with Gasteiger partial charge in [-0.2, -0.15) is 0 Å². The third-order valence-corrected chi connectivity index (χ3v) is 3.28. The number of rotatable bonds is 5. The Kier molecular flexibility index (Phi) is 5.35. The van der Waals surface area contributed by atoms with Crippen molar-refractivity contribution in [2.24, 2.45) is 17.8 Å². The van der Waals surface area contributed by atoms with E-state index in [1.807, 2.05) is 0 Å². The van der Waals surface area contributed by atoms with Crippen molar-refractivity contribution in [1.82, 2.24) is 5.32 Å². The maximum atomic E-state index is 11.7. The van der Waals surface area contributed by atoms with Crippen molar-refractivity contribution in [3.63, 3.8) is 0 Å². The maximum absolute atomic E-state index is 11.7. The molecule has 0 spiro atoms. The molecular weight excluding hydrogens is 266 g/mol. The summed E-state index contributed by atoms with van der Waals surface area (Å²) in [5, 5.41) is 21.1. The lowest BCUT2D eigenvalue weighted by molar-refractivity contribution is -0.143. The Hall–Kier alpha value is -1.34. The van der Waals surface area contributed by atoms with Crippen molar-refractivity contribution in [3.05, 3.63) is 0 Å². The zero-order valence-electron chi connectivity index (χ0n) is 12.3. The Morgan fingerprint density at radius 1 is 1.30 bits per heavy atom. The minimum absolute atomic E-state index is 0.197. The van der Waals surface area contributed by atoms with E-state index in [9.17, 15) is 19.8 Å². The van der Waals surface area contributed by atoms with Crippen LogP contribution in [0.15, 0.2) is 0 Å². The SMILES string of the molecule is COC(=O)[C@H]1[C@H](CO)[C@H]1[C@@H](CO)NC(=O)OC(C)(C)C. The van der Waals surface area contributed by atoms with Gasteiger partial charge in [-0.3, -0.25) is 4.79 Å². The van der Waals surface area contributed by atoms with Crippen LogP contribution in [0.25, 0.3) is 0 Å². The highest BCUT2D eigenvalue weighted by molar-refractivity contribution is 5.77. The van der Waals surface area contributed by atoms with Gasteiger partial charge in [0.2, 0.25) is 0 Å². The minimum Gasteiger partial charge on any atom is -0.469 e. The molecule has 0 bridgehead atoms. The molecule has 1 aliphatic carbocycles. The molecule has 0 unspecified atom stereocenters. The van der Waals surface area contributed by atoms with Crippen LogP contribution in [0, 0.1) is 17.8 Å². The molecule has 0 saturated heterocycles. The summed E-state index contributed by atoms with van der Waals surface area (Å²) in [6.45, 7) is 4.65. The highest BCUT2D eigenvalue weighted by Gasteiger charge is 2.58. The van der Waals surface area contributed by atoms with E-state index in [1.165, 1.54) is 7.11 Å². The predicted octanol–water partition coefficient (Wildman–Crippen LogP) is -0.101. The molecule has 0 aliphatic heterocycles. The van der Waals surface area contributed by atoms with Gasteiger partial charge >= 0.3 is 12.1 Å². The average molecular weight is 289 g/mol. The summed E-state index contributed by atoms with van der Waals surface area (Å²) in [6.07, 6.45) is -0.663. The number of amides is 1. The number of aliphatic hydroxyl groups is 2. The number of carbonyl (C=O) groups is 2. The fourth-order valence-electron chi connectivity index (χ4n) is 2.37. The number of carbonyl (C=O) groups excluding carboxylic acids is 2. The van der Waals surface area contributed by atoms with Crippen LogP contribution >= 0.6 is 0 Å². The van der Waals surface area contributed by atoms with Crippen LogP contribution in [-0.4, -0.2) is 54.2 Å². The largest absolute Gasteiger partial charge is 0.469 e. The fourth-order valence-corrected chi connectivity index (χ4v) is 2.37. The predicted molar refractivity (Wildman–Crippen MR) is 69.8 cm³/mol. The monoisotopic (exact) mass is 289 g/mol. The zero-order chi connectivity index (χ0) is 15.5. The normalized spacial score (nSPS) is 26.6. The van der Waals surface area contributed by atoms with Gasteiger partial charge in [0.1, 0.15) is 5.60 Å². The molecule has 0 aromatic rings. The van der Waals surface area contributed by atoms with Crippen molar-refractivity contribution in [2.45, 2.75) is 32.4 Å². The van der Waals surface area contributed by atoms with Crippen LogP contribution in [0.4, 0.5) is 4.79 Å². The fraction of sp³-hybridized carbons (Fsp3) is 0.846. The van der Waals surface area contributed by atoms with E-state index in [4.69, 9.17) is 4.74 Å². The zero-order valence-corrected chi connectivity index (χ0v) is 12.3. The molecule has 3 N–H and O–H groups in total. The Labute approximate surface area is 118 Å². The van der Waals surface area contributed by atoms with E-state index >= 15 is 0 Å². The first-order valence-corrected chi connectivity index (χ1v) is 6.54. The number of hydrogen-bond acceptors (Lipinski definition) is 6. The van der Waals surface area contributed by atoms with E-state index in [-0.39, 0.29) is 25.0 Å². The lowest BCUT2D eigenvalue weighted by Gasteiger charge is -2.23. The molecule has 1 rings (SSSR count). The minimum atomic E-state index is -0.663. The van der Waals surface area contributed by atoms with E-state index in [0.717, 1.165) is 0 Å². The number of hydrogen-bond donors (Lipinski definition) is 3. The van der Waals surface area contributed by atoms with Crippen LogP contribution in [0.5, 0.6) is 0 Å². The number of alkyl carbamates (subject to hydrolysis) is 1. The van der Waals surface area contributed by atoms with Gasteiger partial charge in [0.25, 0.3) is 0 Å². The number of methoxy groups -OCH3 is 1. The summed E-state index contributed by atoms with van der Waals surface area (Å²) in [6, 6.07) is -0.647. The number of nitrogens with one attached hydrogen (secondary N) is 1. The average Bonchev–Trinajstić information content (AvgIpc) is 3.06. The second kappa shape index (κ2) is 6.41. The summed E-state index contributed by atoms with van der Waals surface area (Å²) >= 11 is 0. The molecule has 1 fully saturated rings. The Balaban J connectivity index is 2.63. The molecule has 116 valence electrons. The van der Waals surface area contributed by atoms with Crippen LogP contribution in [0.2, 0.25) is 0 Å². The highest BCUT2D eigenvalue weighted by atomic mass is 16.6. The highest BCUT2D eigenvalue weighted by Crippen LogP contribution is 2.48. The second-order valence-corrected chi connectivity index (χ2v) is 5.91. The van der Waals surface area contributed by atoms with Gasteiger partial charge in [0.15, 0.2) is 0 Å². The molecule has 7 heteroatoms. The lowest BCUT2D eigenvalue weighted by atomic mass is 10.1. The van der Waals surface area contributed by atoms with Gasteiger partial charge in [0.05, 0.1) is 25.7 Å². The summed E-state index contributed by atoms with van der Waals surface area (Å²) < 4.78 is 9.74. The first-order chi connectivity index (χ1) is 9.25. The standard InChI is InChI=1S/C13H23NO6/c1-13(2,3)20-12(18)14-8(6-16)9-7(5-15)10(9)11(17)19-4/h7-10,15-16H,5-6H2,1-4H3,(H,14,18)/t7-,8-,9+,10+/m1/s1. The molecule has 1 aliphatic rings. The van der Waals surface area contributed by atoms with Gasteiger partial charge < -0.3 is 25.0 Å². The molecule has 0 aromatic carbocycles. The Morgan fingerprint density at radius 2 is 1.90 bits per heavy atom. The number of aliphatic hydroxyl groups excluding tert-OH is 2. The molecule has 7 nitrogen and oxygen atoms in total. The molecule has 0 aromatic heterocycles. The first-order valence-electron chi connectivity index (χ1n) is 6.54. The van der Waals surface area contributed by atoms with Crippen LogP contribution in [0.3, 0.4) is 0 Å². The van der Waals surface area contributed by atoms with Crippen molar-refractivity contribution < 1.29 is 29.3 Å². The Bertz CT molecular complexity index is 364. The molecule has 4 atom stereocenters. The molecule has 1 saturated carbocycles. The summed E-state index contributed by atoms with van der Waals surface area (Å²) in [5.41, 5.74) is -0.647. The maximum Gasteiger partial charge on any atom is 0.407 e. The van der Waals surface area contributed by atoms with Gasteiger partial charge in [-0.1, -0.05) is 0 Å². The van der Waals surface area contributed by atoms with Gasteiger partial charge in [-0.25, -0.2) is 4.79 Å². The summed E-state index contributed by atoms with van der Waals surface area (Å²) in [7, 11) is 1.27. The number of ether oxygens (including phenoxy) is 2. The molecule has 0 radical (unpaired) electrons. The van der Waals surface area contributed by atoms with Gasteiger partial charge in [-0.05, 0) is 20.8 Å². The van der Waals surface area contributed by atoms with Crippen molar-refractivity contribution in [1.29, 1.82) is 0 Å². The third kappa shape index (κ3) is 4.08. The molecule has 20 heavy (non-hydrogen) atoms. The van der Waals surface area contributed by atoms with E-state index in [2.05, 4.69) is 10.1 Å². The van der Waals surface area contributed by atoms with Crippen molar-refractivity contribution in [3.8, 4) is 0 Å². The Morgan fingerprint density at radius 3 is 2.30 bits per heavy atom. The van der Waals surface area contributed by atoms with Crippen LogP contribution in [-0.2, 0) is 14.3 Å². The summed E-state index contributed by atoms with van der Waals surface area (Å²) in [5.74, 6) is -1.60. The van der Waals surface area contributed by atoms with Crippen LogP contribution < -0.4 is 5.32 Å². The molecule has 1 amide bonds. The smallest absolute Gasteiger partial charge is 0.407 e. The molecular formula is C13H23NO6. The number of esters is 1. The van der Waals surface area contributed by atoms with Gasteiger partial charge in [-0.15, -0.1) is 0 Å². The van der Waals surface area contributed by atoms with E-state index < -0.39 is 29.6 Å². The summed E-state index contributed by atoms with van der Waals surface area (Å²) in [4.78, 5) is 23.2. The van der Waals surface area contributed by atoms with Crippen molar-refractivity contribution in [2.75, 3.05) is 20.3 Å². The quantitative estimate of drug-likeness (QED) is 0.610. The van der Waals surface area contributed by atoms with Crippen LogP contribution in [0.1, 0.15) is 20.8 Å². The topological polar surface area (TPSA) is 105 Å². The second-order valence-electron chi connectivity index (χ2n) is 5.91. The lowest BCUT2D eigenvalue weighted by Crippen LogP contribution is -2.43.